The minimum absolute atomic E-state index is 0.354. The lowest BCUT2D eigenvalue weighted by atomic mass is 10.1. The Morgan fingerprint density at radius 3 is 1.03 bits per heavy atom. The van der Waals surface area contributed by atoms with Gasteiger partial charge in [0.15, 0.2) is 0 Å². The molecule has 0 fully saturated rings. The highest BCUT2D eigenvalue weighted by Gasteiger charge is 2.08. The van der Waals surface area contributed by atoms with Gasteiger partial charge in [0, 0.05) is 5.41 Å². The molecule has 0 aromatic rings. The van der Waals surface area contributed by atoms with Gasteiger partial charge in [0.2, 0.25) is 0 Å². The molecule has 0 aliphatic carbocycles. The number of unbranched alkanes of at least 4 members (excludes halogenated alkanes) is 15. The molecule has 0 heterocycles. The SMILES string of the molecule is C=CS(=O)(=O)[O-].CCCCCCCC[NH+](CCCCCCCC)CCCCCCCC. The molecule has 0 amide bonds. The summed E-state index contributed by atoms with van der Waals surface area (Å²) in [5.74, 6) is 0. The number of rotatable bonds is 22. The molecule has 0 saturated carbocycles. The zero-order valence-corrected chi connectivity index (χ0v) is 22.1. The fourth-order valence-electron chi connectivity index (χ4n) is 3.84. The van der Waals surface area contributed by atoms with Crippen LogP contribution in [0, 0.1) is 0 Å². The largest absolute Gasteiger partial charge is 0.745 e. The lowest BCUT2D eigenvalue weighted by molar-refractivity contribution is -0.900. The molecule has 0 radical (unpaired) electrons. The zero-order valence-electron chi connectivity index (χ0n) is 21.3. The van der Waals surface area contributed by atoms with Crippen molar-refractivity contribution in [2.24, 2.45) is 0 Å². The van der Waals surface area contributed by atoms with Crippen LogP contribution in [-0.2, 0) is 10.1 Å². The molecule has 31 heavy (non-hydrogen) atoms. The monoisotopic (exact) mass is 461 g/mol. The fourth-order valence-corrected chi connectivity index (χ4v) is 3.84. The summed E-state index contributed by atoms with van der Waals surface area (Å²) in [6, 6.07) is 0. The molecular weight excluding hydrogens is 406 g/mol. The van der Waals surface area contributed by atoms with Gasteiger partial charge in [0.05, 0.1) is 19.6 Å². The number of hydrogen-bond acceptors (Lipinski definition) is 3. The molecule has 0 rings (SSSR count). The summed E-state index contributed by atoms with van der Waals surface area (Å²) in [4.78, 5) is 1.92. The van der Waals surface area contributed by atoms with E-state index >= 15 is 0 Å². The van der Waals surface area contributed by atoms with Gasteiger partial charge < -0.3 is 9.45 Å². The van der Waals surface area contributed by atoms with Crippen LogP contribution in [0.2, 0.25) is 0 Å². The van der Waals surface area contributed by atoms with Crippen LogP contribution in [-0.4, -0.2) is 32.6 Å². The molecule has 0 atom stereocenters. The van der Waals surface area contributed by atoms with E-state index in [2.05, 4.69) is 27.4 Å². The topological polar surface area (TPSA) is 61.6 Å². The van der Waals surface area contributed by atoms with Crippen LogP contribution in [0.25, 0.3) is 0 Å². The molecule has 0 aliphatic heterocycles. The van der Waals surface area contributed by atoms with Crippen molar-refractivity contribution < 1.29 is 17.9 Å². The Labute approximate surface area is 196 Å². The molecule has 0 spiro atoms. The van der Waals surface area contributed by atoms with Gasteiger partial charge in [-0.05, 0) is 38.5 Å². The summed E-state index contributed by atoms with van der Waals surface area (Å²) in [6.45, 7) is 14.0. The van der Waals surface area contributed by atoms with Crippen molar-refractivity contribution in [2.75, 3.05) is 19.6 Å². The first-order chi connectivity index (χ1) is 14.9. The van der Waals surface area contributed by atoms with Crippen LogP contribution in [0.4, 0.5) is 0 Å². The third-order valence-corrected chi connectivity index (χ3v) is 6.26. The van der Waals surface area contributed by atoms with E-state index in [-0.39, 0.29) is 0 Å². The molecule has 0 bridgehead atoms. The van der Waals surface area contributed by atoms with Crippen molar-refractivity contribution in [3.05, 3.63) is 12.0 Å². The summed E-state index contributed by atoms with van der Waals surface area (Å²) >= 11 is 0. The van der Waals surface area contributed by atoms with E-state index in [0.29, 0.717) is 5.41 Å². The van der Waals surface area contributed by atoms with Gasteiger partial charge in [0.1, 0.15) is 10.1 Å². The first-order valence-corrected chi connectivity index (χ1v) is 14.8. The van der Waals surface area contributed by atoms with Crippen LogP contribution >= 0.6 is 0 Å². The van der Waals surface area contributed by atoms with Crippen molar-refractivity contribution in [3.63, 3.8) is 0 Å². The van der Waals surface area contributed by atoms with E-state index < -0.39 is 10.1 Å². The van der Waals surface area contributed by atoms with Gasteiger partial charge in [0.25, 0.3) is 0 Å². The summed E-state index contributed by atoms with van der Waals surface area (Å²) in [6.07, 6.45) is 26.0. The van der Waals surface area contributed by atoms with Gasteiger partial charge in [-0.2, -0.15) is 0 Å². The molecule has 0 saturated heterocycles. The number of nitrogens with one attached hydrogen (secondary N) is 1. The second-order valence-corrected chi connectivity index (χ2v) is 10.3. The summed E-state index contributed by atoms with van der Waals surface area (Å²) < 4.78 is 28.0. The van der Waals surface area contributed by atoms with Crippen molar-refractivity contribution in [2.45, 2.75) is 136 Å². The van der Waals surface area contributed by atoms with Gasteiger partial charge in [-0.25, -0.2) is 8.42 Å². The minimum Gasteiger partial charge on any atom is -0.745 e. The lowest BCUT2D eigenvalue weighted by Crippen LogP contribution is -3.12. The van der Waals surface area contributed by atoms with Crippen molar-refractivity contribution in [1.29, 1.82) is 0 Å². The Kier molecular flexibility index (Phi) is 27.4. The lowest BCUT2D eigenvalue weighted by Gasteiger charge is -2.20. The minimum atomic E-state index is -4.15. The van der Waals surface area contributed by atoms with Crippen LogP contribution in [0.15, 0.2) is 12.0 Å². The van der Waals surface area contributed by atoms with E-state index in [1.165, 1.54) is 135 Å². The summed E-state index contributed by atoms with van der Waals surface area (Å²) in [5.41, 5.74) is 0. The molecule has 0 aromatic heterocycles. The van der Waals surface area contributed by atoms with E-state index in [1.807, 2.05) is 4.90 Å². The Morgan fingerprint density at radius 1 is 0.581 bits per heavy atom. The Bertz CT molecular complexity index is 402. The van der Waals surface area contributed by atoms with E-state index in [4.69, 9.17) is 0 Å². The van der Waals surface area contributed by atoms with Crippen LogP contribution in [0.1, 0.15) is 136 Å². The molecule has 0 aromatic carbocycles. The van der Waals surface area contributed by atoms with E-state index in [9.17, 15) is 13.0 Å². The van der Waals surface area contributed by atoms with Gasteiger partial charge in [-0.1, -0.05) is 104 Å². The normalized spacial score (nSPS) is 11.4. The summed E-state index contributed by atoms with van der Waals surface area (Å²) in [7, 11) is -4.15. The van der Waals surface area contributed by atoms with Crippen molar-refractivity contribution in [3.8, 4) is 0 Å². The van der Waals surface area contributed by atoms with Gasteiger partial charge >= 0.3 is 0 Å². The van der Waals surface area contributed by atoms with E-state index in [0.717, 1.165) is 0 Å². The summed E-state index contributed by atoms with van der Waals surface area (Å²) in [5, 5.41) is 0.354. The first kappa shape index (κ1) is 32.8. The molecule has 1 N–H and O–H groups in total. The average Bonchev–Trinajstić information content (AvgIpc) is 2.74. The smallest absolute Gasteiger partial charge is 0.116 e. The van der Waals surface area contributed by atoms with Crippen LogP contribution in [0.5, 0.6) is 0 Å². The average molecular weight is 462 g/mol. The molecular formula is C26H55NO3S. The van der Waals surface area contributed by atoms with Crippen molar-refractivity contribution >= 4 is 10.1 Å². The highest BCUT2D eigenvalue weighted by molar-refractivity contribution is 7.88. The third-order valence-electron chi connectivity index (χ3n) is 5.86. The highest BCUT2D eigenvalue weighted by atomic mass is 32.2. The van der Waals surface area contributed by atoms with Gasteiger partial charge in [-0.3, -0.25) is 0 Å². The second kappa shape index (κ2) is 25.9. The number of hydrogen-bond donors (Lipinski definition) is 1. The van der Waals surface area contributed by atoms with Crippen LogP contribution < -0.4 is 4.90 Å². The predicted molar refractivity (Wildman–Crippen MR) is 136 cm³/mol. The predicted octanol–water partition coefficient (Wildman–Crippen LogP) is 6.63. The Morgan fingerprint density at radius 2 is 0.806 bits per heavy atom. The maximum atomic E-state index is 9.33. The maximum Gasteiger partial charge on any atom is 0.116 e. The quantitative estimate of drug-likeness (QED) is 0.145. The Hall–Kier alpha value is -0.390. The first-order valence-electron chi connectivity index (χ1n) is 13.3. The van der Waals surface area contributed by atoms with Crippen molar-refractivity contribution in [1.82, 2.24) is 0 Å². The standard InChI is InChI=1S/C24H51N.C2H4O3S/c1-4-7-10-13-16-19-22-25(23-20-17-14-11-8-5-2)24-21-18-15-12-9-6-3;1-2-6(3,4)5/h4-24H2,1-3H3;2H,1H2,(H,3,4,5). The molecule has 0 unspecified atom stereocenters. The van der Waals surface area contributed by atoms with Crippen LogP contribution in [0.3, 0.4) is 0 Å². The molecule has 188 valence electrons. The maximum absolute atomic E-state index is 9.33. The fraction of sp³-hybridized carbons (Fsp3) is 0.923. The van der Waals surface area contributed by atoms with E-state index in [1.54, 1.807) is 0 Å². The molecule has 0 aliphatic rings. The molecule has 5 heteroatoms. The number of quaternary nitrogens is 1. The van der Waals surface area contributed by atoms with Gasteiger partial charge in [-0.15, -0.1) is 0 Å². The zero-order chi connectivity index (χ0) is 23.6. The third kappa shape index (κ3) is 31.9. The highest BCUT2D eigenvalue weighted by Crippen LogP contribution is 2.06. The second-order valence-electron chi connectivity index (χ2n) is 8.96. The Balaban J connectivity index is 0. The molecule has 4 nitrogen and oxygen atoms in total.